The average molecular weight is 416 g/mol. The van der Waals surface area contributed by atoms with Crippen LogP contribution in [-0.2, 0) is 10.0 Å². The largest absolute Gasteiger partial charge is 0.310 e. The number of nitrogens with zero attached hydrogens (tertiary/aromatic N) is 1. The maximum absolute atomic E-state index is 12.7. The van der Waals surface area contributed by atoms with E-state index in [1.165, 1.54) is 0 Å². The lowest BCUT2D eigenvalue weighted by molar-refractivity contribution is 0.383. The lowest BCUT2D eigenvalue weighted by atomic mass is 10.1. The Balaban J connectivity index is 0.00000161. The van der Waals surface area contributed by atoms with E-state index in [1.54, 1.807) is 22.5 Å². The van der Waals surface area contributed by atoms with Crippen LogP contribution < -0.4 is 5.32 Å². The molecule has 3 rings (SSSR count). The molecule has 2 aliphatic heterocycles. The predicted octanol–water partition coefficient (Wildman–Crippen LogP) is 3.04. The third-order valence-electron chi connectivity index (χ3n) is 4.00. The minimum atomic E-state index is -3.51. The van der Waals surface area contributed by atoms with E-state index in [-0.39, 0.29) is 28.4 Å². The number of benzene rings is 1. The molecule has 2 atom stereocenters. The Bertz CT molecular complexity index is 627. The molecule has 2 heterocycles. The molecule has 4 nitrogen and oxygen atoms in total. The van der Waals surface area contributed by atoms with Gasteiger partial charge in [0, 0.05) is 29.6 Å². The van der Waals surface area contributed by atoms with Crippen molar-refractivity contribution >= 4 is 50.0 Å². The number of halogens is 3. The van der Waals surface area contributed by atoms with E-state index in [0.29, 0.717) is 19.1 Å². The zero-order valence-corrected chi connectivity index (χ0v) is 15.2. The van der Waals surface area contributed by atoms with Crippen LogP contribution in [0.25, 0.3) is 0 Å². The number of nitrogens with one attached hydrogen (secondary N) is 1. The van der Waals surface area contributed by atoms with Crippen LogP contribution in [0.5, 0.6) is 0 Å². The maximum atomic E-state index is 12.7. The summed E-state index contributed by atoms with van der Waals surface area (Å²) in [5, 5.41) is 3.75. The minimum Gasteiger partial charge on any atom is -0.310 e. The molecule has 8 heteroatoms. The summed E-state index contributed by atoms with van der Waals surface area (Å²) in [6, 6.07) is 5.63. The van der Waals surface area contributed by atoms with Gasteiger partial charge in [0.05, 0.1) is 5.02 Å². The van der Waals surface area contributed by atoms with Crippen molar-refractivity contribution in [1.82, 2.24) is 9.62 Å². The van der Waals surface area contributed by atoms with Gasteiger partial charge in [-0.05, 0) is 37.5 Å². The van der Waals surface area contributed by atoms with Crippen molar-refractivity contribution < 1.29 is 8.42 Å². The molecule has 2 saturated heterocycles. The van der Waals surface area contributed by atoms with E-state index in [1.807, 2.05) is 0 Å². The molecule has 0 radical (unpaired) electrons. The summed E-state index contributed by atoms with van der Waals surface area (Å²) in [7, 11) is -3.51. The first-order valence-electron chi connectivity index (χ1n) is 6.68. The van der Waals surface area contributed by atoms with Gasteiger partial charge in [0.25, 0.3) is 0 Å². The van der Waals surface area contributed by atoms with Gasteiger partial charge in [0.2, 0.25) is 10.0 Å². The Morgan fingerprint density at radius 1 is 1.24 bits per heavy atom. The molecule has 0 saturated carbocycles. The number of sulfonamides is 1. The monoisotopic (exact) mass is 414 g/mol. The standard InChI is InChI=1S/C13H16BrClN2O2S.ClH/c14-9-1-4-13(12(15)7-9)20(18,19)17-6-5-10-2-3-11(8-17)16-10;/h1,4,7,10-11,16H,2-3,5-6,8H2;1H. The molecule has 1 aromatic rings. The Morgan fingerprint density at radius 3 is 2.67 bits per heavy atom. The van der Waals surface area contributed by atoms with Crippen molar-refractivity contribution in [3.8, 4) is 0 Å². The summed E-state index contributed by atoms with van der Waals surface area (Å²) in [6.07, 6.45) is 3.06. The number of hydrogen-bond donors (Lipinski definition) is 1. The van der Waals surface area contributed by atoms with Gasteiger partial charge in [0.1, 0.15) is 4.90 Å². The third kappa shape index (κ3) is 3.57. The van der Waals surface area contributed by atoms with Crippen molar-refractivity contribution in [1.29, 1.82) is 0 Å². The maximum Gasteiger partial charge on any atom is 0.244 e. The van der Waals surface area contributed by atoms with Crippen LogP contribution in [-0.4, -0.2) is 37.9 Å². The van der Waals surface area contributed by atoms with E-state index in [9.17, 15) is 8.42 Å². The molecule has 2 aliphatic rings. The molecule has 0 aliphatic carbocycles. The second-order valence-electron chi connectivity index (χ2n) is 5.36. The van der Waals surface area contributed by atoms with Crippen LogP contribution >= 0.6 is 39.9 Å². The summed E-state index contributed by atoms with van der Waals surface area (Å²) < 4.78 is 27.8. The van der Waals surface area contributed by atoms with Gasteiger partial charge in [-0.3, -0.25) is 0 Å². The Labute approximate surface area is 144 Å². The summed E-state index contributed by atoms with van der Waals surface area (Å²) in [6.45, 7) is 1.09. The van der Waals surface area contributed by atoms with Gasteiger partial charge in [-0.15, -0.1) is 12.4 Å². The van der Waals surface area contributed by atoms with Gasteiger partial charge >= 0.3 is 0 Å². The first-order valence-corrected chi connectivity index (χ1v) is 9.29. The van der Waals surface area contributed by atoms with Crippen LogP contribution in [0.3, 0.4) is 0 Å². The van der Waals surface area contributed by atoms with Crippen LogP contribution in [0.1, 0.15) is 19.3 Å². The summed E-state index contributed by atoms with van der Waals surface area (Å²) in [4.78, 5) is 0.195. The Morgan fingerprint density at radius 2 is 1.95 bits per heavy atom. The molecule has 1 aromatic carbocycles. The van der Waals surface area contributed by atoms with Crippen LogP contribution in [0.2, 0.25) is 5.02 Å². The van der Waals surface area contributed by atoms with Crippen LogP contribution in [0, 0.1) is 0 Å². The fraction of sp³-hybridized carbons (Fsp3) is 0.538. The predicted molar refractivity (Wildman–Crippen MR) is 89.7 cm³/mol. The van der Waals surface area contributed by atoms with E-state index in [2.05, 4.69) is 21.2 Å². The SMILES string of the molecule is Cl.O=S(=O)(c1ccc(Br)cc1Cl)N1CCC2CCC(C1)N2. The molecule has 0 spiro atoms. The normalized spacial score (nSPS) is 26.2. The van der Waals surface area contributed by atoms with Crippen molar-refractivity contribution in [2.45, 2.75) is 36.2 Å². The summed E-state index contributed by atoms with van der Waals surface area (Å²) in [5.41, 5.74) is 0. The van der Waals surface area contributed by atoms with E-state index in [0.717, 1.165) is 23.7 Å². The Kier molecular flexibility index (Phi) is 5.60. The smallest absolute Gasteiger partial charge is 0.244 e. The van der Waals surface area contributed by atoms with Crippen molar-refractivity contribution in [2.75, 3.05) is 13.1 Å². The highest BCUT2D eigenvalue weighted by molar-refractivity contribution is 9.10. The van der Waals surface area contributed by atoms with Crippen molar-refractivity contribution in [3.05, 3.63) is 27.7 Å². The first kappa shape index (κ1) is 17.5. The highest BCUT2D eigenvalue weighted by Gasteiger charge is 2.35. The van der Waals surface area contributed by atoms with E-state index < -0.39 is 10.0 Å². The minimum absolute atomic E-state index is 0. The molecule has 0 amide bonds. The second kappa shape index (κ2) is 6.72. The second-order valence-corrected chi connectivity index (χ2v) is 8.59. The fourth-order valence-electron chi connectivity index (χ4n) is 2.95. The van der Waals surface area contributed by atoms with Crippen molar-refractivity contribution in [2.24, 2.45) is 0 Å². The van der Waals surface area contributed by atoms with Gasteiger partial charge in [-0.1, -0.05) is 27.5 Å². The lowest BCUT2D eigenvalue weighted by Crippen LogP contribution is -2.39. The first-order chi connectivity index (χ1) is 9.46. The topological polar surface area (TPSA) is 49.4 Å². The quantitative estimate of drug-likeness (QED) is 0.807. The third-order valence-corrected chi connectivity index (χ3v) is 6.84. The summed E-state index contributed by atoms with van der Waals surface area (Å²) >= 11 is 9.40. The Hall–Kier alpha value is 0.150. The zero-order chi connectivity index (χ0) is 14.3. The summed E-state index contributed by atoms with van der Waals surface area (Å²) in [5.74, 6) is 0. The highest BCUT2D eigenvalue weighted by Crippen LogP contribution is 2.30. The fourth-order valence-corrected chi connectivity index (χ4v) is 5.46. The number of rotatable bonds is 2. The van der Waals surface area contributed by atoms with Gasteiger partial charge in [-0.2, -0.15) is 4.31 Å². The van der Waals surface area contributed by atoms with Crippen LogP contribution in [0.4, 0.5) is 0 Å². The van der Waals surface area contributed by atoms with Gasteiger partial charge < -0.3 is 5.32 Å². The molecule has 2 fully saturated rings. The molecule has 0 aromatic heterocycles. The average Bonchev–Trinajstić information content (AvgIpc) is 2.67. The molecule has 2 unspecified atom stereocenters. The molecule has 1 N–H and O–H groups in total. The molecule has 21 heavy (non-hydrogen) atoms. The van der Waals surface area contributed by atoms with E-state index in [4.69, 9.17) is 11.6 Å². The molecule has 2 bridgehead atoms. The zero-order valence-electron chi connectivity index (χ0n) is 11.3. The molecule has 118 valence electrons. The van der Waals surface area contributed by atoms with Crippen molar-refractivity contribution in [3.63, 3.8) is 0 Å². The highest BCUT2D eigenvalue weighted by atomic mass is 79.9. The number of hydrogen-bond acceptors (Lipinski definition) is 3. The van der Waals surface area contributed by atoms with Gasteiger partial charge in [-0.25, -0.2) is 8.42 Å². The number of fused-ring (bicyclic) bond motifs is 2. The van der Waals surface area contributed by atoms with E-state index >= 15 is 0 Å². The lowest BCUT2D eigenvalue weighted by Gasteiger charge is -2.24. The van der Waals surface area contributed by atoms with Gasteiger partial charge in [0.15, 0.2) is 0 Å². The van der Waals surface area contributed by atoms with Crippen LogP contribution in [0.15, 0.2) is 27.6 Å². The molecular weight excluding hydrogens is 399 g/mol. The molecular formula is C13H17BrCl2N2O2S.